The smallest absolute Gasteiger partial charge is 0.241 e. The molecular weight excluding hydrogens is 272 g/mol. The first kappa shape index (κ1) is 14.6. The minimum atomic E-state index is 0.439. The van der Waals surface area contributed by atoms with Gasteiger partial charge in [0.15, 0.2) is 0 Å². The van der Waals surface area contributed by atoms with Crippen LogP contribution >= 0.6 is 11.8 Å². The van der Waals surface area contributed by atoms with Gasteiger partial charge in [-0.25, -0.2) is 9.97 Å². The number of pyridine rings is 1. The van der Waals surface area contributed by atoms with Gasteiger partial charge in [-0.15, -0.1) is 0 Å². The fourth-order valence-electron chi connectivity index (χ4n) is 1.72. The van der Waals surface area contributed by atoms with Crippen LogP contribution in [0.1, 0.15) is 24.6 Å². The van der Waals surface area contributed by atoms with Crippen molar-refractivity contribution in [3.63, 3.8) is 0 Å². The van der Waals surface area contributed by atoms with Gasteiger partial charge in [0.1, 0.15) is 22.1 Å². The van der Waals surface area contributed by atoms with Gasteiger partial charge in [-0.2, -0.15) is 4.98 Å². The Labute approximate surface area is 123 Å². The Morgan fingerprint density at radius 1 is 1.25 bits per heavy atom. The van der Waals surface area contributed by atoms with E-state index in [9.17, 15) is 0 Å². The van der Waals surface area contributed by atoms with Crippen LogP contribution in [0, 0.1) is 13.8 Å². The summed E-state index contributed by atoms with van der Waals surface area (Å²) < 4.78 is 5.50. The van der Waals surface area contributed by atoms with E-state index in [0.29, 0.717) is 23.2 Å². The minimum absolute atomic E-state index is 0.439. The molecule has 0 fully saturated rings. The van der Waals surface area contributed by atoms with Crippen LogP contribution in [-0.2, 0) is 0 Å². The largest absolute Gasteiger partial charge is 0.476 e. The monoisotopic (exact) mass is 290 g/mol. The maximum Gasteiger partial charge on any atom is 0.241 e. The Morgan fingerprint density at radius 3 is 2.75 bits per heavy atom. The van der Waals surface area contributed by atoms with Gasteiger partial charge in [-0.3, -0.25) is 0 Å². The fraction of sp³-hybridized carbons (Fsp3) is 0.357. The lowest BCUT2D eigenvalue weighted by Crippen LogP contribution is -2.03. The standard InChI is InChI=1S/C14H18N4OS/c1-4-5-19-13-12(15)14(17-8-16-13)20-11-7-9(2)6-10(3)18-11/h6-8H,4-5,15H2,1-3H3. The molecule has 5 nitrogen and oxygen atoms in total. The highest BCUT2D eigenvalue weighted by atomic mass is 32.2. The van der Waals surface area contributed by atoms with E-state index < -0.39 is 0 Å². The molecule has 0 radical (unpaired) electrons. The zero-order valence-electron chi connectivity index (χ0n) is 11.9. The van der Waals surface area contributed by atoms with E-state index in [1.54, 1.807) is 0 Å². The number of aryl methyl sites for hydroxylation is 2. The molecule has 0 unspecified atom stereocenters. The number of hydrogen-bond donors (Lipinski definition) is 1. The third-order valence-corrected chi connectivity index (χ3v) is 3.47. The van der Waals surface area contributed by atoms with Gasteiger partial charge in [0.05, 0.1) is 6.61 Å². The van der Waals surface area contributed by atoms with E-state index >= 15 is 0 Å². The molecule has 2 N–H and O–H groups in total. The maximum atomic E-state index is 6.05. The lowest BCUT2D eigenvalue weighted by atomic mass is 10.3. The van der Waals surface area contributed by atoms with Gasteiger partial charge >= 0.3 is 0 Å². The Balaban J connectivity index is 2.24. The van der Waals surface area contributed by atoms with Gasteiger partial charge in [-0.1, -0.05) is 6.92 Å². The molecule has 0 saturated heterocycles. The van der Waals surface area contributed by atoms with E-state index in [2.05, 4.69) is 15.0 Å². The summed E-state index contributed by atoms with van der Waals surface area (Å²) in [6, 6.07) is 4.04. The summed E-state index contributed by atoms with van der Waals surface area (Å²) in [4.78, 5) is 12.7. The van der Waals surface area contributed by atoms with Gasteiger partial charge in [0.25, 0.3) is 0 Å². The summed E-state index contributed by atoms with van der Waals surface area (Å²) in [5.74, 6) is 0.439. The van der Waals surface area contributed by atoms with Crippen LogP contribution in [0.3, 0.4) is 0 Å². The third-order valence-electron chi connectivity index (χ3n) is 2.53. The van der Waals surface area contributed by atoms with E-state index in [0.717, 1.165) is 22.7 Å². The molecule has 20 heavy (non-hydrogen) atoms. The Kier molecular flexibility index (Phi) is 4.79. The molecule has 0 bridgehead atoms. The number of ether oxygens (including phenoxy) is 1. The Hall–Kier alpha value is -1.82. The lowest BCUT2D eigenvalue weighted by Gasteiger charge is -2.09. The molecule has 2 aromatic rings. The molecule has 0 aliphatic heterocycles. The third kappa shape index (κ3) is 3.60. The molecule has 0 aliphatic carbocycles. The zero-order valence-corrected chi connectivity index (χ0v) is 12.7. The molecule has 0 saturated carbocycles. The summed E-state index contributed by atoms with van der Waals surface area (Å²) in [5, 5.41) is 1.54. The van der Waals surface area contributed by atoms with Crippen molar-refractivity contribution in [2.75, 3.05) is 12.3 Å². The molecule has 0 atom stereocenters. The summed E-state index contributed by atoms with van der Waals surface area (Å²) in [5.41, 5.74) is 8.65. The molecule has 6 heteroatoms. The van der Waals surface area contributed by atoms with Crippen LogP contribution < -0.4 is 10.5 Å². The number of nitrogen functional groups attached to an aromatic ring is 1. The van der Waals surface area contributed by atoms with E-state index in [-0.39, 0.29) is 0 Å². The van der Waals surface area contributed by atoms with Crippen molar-refractivity contribution in [2.45, 2.75) is 37.2 Å². The van der Waals surface area contributed by atoms with E-state index in [4.69, 9.17) is 10.5 Å². The molecule has 0 aliphatic rings. The summed E-state index contributed by atoms with van der Waals surface area (Å²) >= 11 is 1.42. The topological polar surface area (TPSA) is 73.9 Å². The van der Waals surface area contributed by atoms with Crippen LogP contribution in [0.5, 0.6) is 5.88 Å². The molecule has 106 valence electrons. The van der Waals surface area contributed by atoms with Crippen molar-refractivity contribution >= 4 is 17.4 Å². The van der Waals surface area contributed by atoms with Crippen molar-refractivity contribution in [2.24, 2.45) is 0 Å². The summed E-state index contributed by atoms with van der Waals surface area (Å²) in [7, 11) is 0. The Morgan fingerprint density at radius 2 is 2.05 bits per heavy atom. The second-order valence-electron chi connectivity index (χ2n) is 4.47. The fourth-order valence-corrected chi connectivity index (χ4v) is 2.64. The second-order valence-corrected chi connectivity index (χ2v) is 5.48. The highest BCUT2D eigenvalue weighted by molar-refractivity contribution is 7.99. The summed E-state index contributed by atoms with van der Waals surface area (Å²) in [6.45, 7) is 6.63. The average Bonchev–Trinajstić information content (AvgIpc) is 2.38. The van der Waals surface area contributed by atoms with Gasteiger partial charge in [-0.05, 0) is 49.7 Å². The quantitative estimate of drug-likeness (QED) is 0.853. The van der Waals surface area contributed by atoms with Crippen molar-refractivity contribution in [1.82, 2.24) is 15.0 Å². The SMILES string of the molecule is CCCOc1ncnc(Sc2cc(C)cc(C)n2)c1N. The molecule has 0 spiro atoms. The number of hydrogen-bond acceptors (Lipinski definition) is 6. The lowest BCUT2D eigenvalue weighted by molar-refractivity contribution is 0.305. The van der Waals surface area contributed by atoms with Crippen molar-refractivity contribution in [1.29, 1.82) is 0 Å². The summed E-state index contributed by atoms with van der Waals surface area (Å²) in [6.07, 6.45) is 2.37. The average molecular weight is 290 g/mol. The molecule has 0 amide bonds. The number of nitrogens with two attached hydrogens (primary N) is 1. The first-order valence-corrected chi connectivity index (χ1v) is 7.28. The molecule has 2 aromatic heterocycles. The molecule has 2 rings (SSSR count). The van der Waals surface area contributed by atoms with Gasteiger partial charge < -0.3 is 10.5 Å². The van der Waals surface area contributed by atoms with Gasteiger partial charge in [0.2, 0.25) is 5.88 Å². The van der Waals surface area contributed by atoms with Crippen molar-refractivity contribution in [3.05, 3.63) is 29.7 Å². The predicted octanol–water partition coefficient (Wildman–Crippen LogP) is 3.01. The zero-order chi connectivity index (χ0) is 14.5. The first-order valence-electron chi connectivity index (χ1n) is 6.46. The number of aromatic nitrogens is 3. The molecular formula is C14H18N4OS. The van der Waals surface area contributed by atoms with Crippen LogP contribution in [0.4, 0.5) is 5.69 Å². The predicted molar refractivity (Wildman–Crippen MR) is 80.1 cm³/mol. The normalized spacial score (nSPS) is 10.6. The highest BCUT2D eigenvalue weighted by Crippen LogP contribution is 2.33. The van der Waals surface area contributed by atoms with E-state index in [1.807, 2.05) is 32.9 Å². The number of anilines is 1. The first-order chi connectivity index (χ1) is 9.60. The van der Waals surface area contributed by atoms with Crippen LogP contribution in [0.2, 0.25) is 0 Å². The van der Waals surface area contributed by atoms with E-state index in [1.165, 1.54) is 18.1 Å². The molecule has 0 aromatic carbocycles. The highest BCUT2D eigenvalue weighted by Gasteiger charge is 2.11. The number of nitrogens with zero attached hydrogens (tertiary/aromatic N) is 3. The van der Waals surface area contributed by atoms with Gasteiger partial charge in [0, 0.05) is 5.69 Å². The second kappa shape index (κ2) is 6.56. The molecule has 2 heterocycles. The minimum Gasteiger partial charge on any atom is -0.476 e. The van der Waals surface area contributed by atoms with Crippen LogP contribution in [0.15, 0.2) is 28.5 Å². The Bertz CT molecular complexity index is 583. The van der Waals surface area contributed by atoms with Crippen LogP contribution in [0.25, 0.3) is 0 Å². The van der Waals surface area contributed by atoms with Crippen LogP contribution in [-0.4, -0.2) is 21.6 Å². The van der Waals surface area contributed by atoms with Crippen molar-refractivity contribution in [3.8, 4) is 5.88 Å². The maximum absolute atomic E-state index is 6.05. The van der Waals surface area contributed by atoms with Crippen molar-refractivity contribution < 1.29 is 4.74 Å². The number of rotatable bonds is 5.